The van der Waals surface area contributed by atoms with Crippen molar-refractivity contribution in [2.24, 2.45) is 0 Å². The summed E-state index contributed by atoms with van der Waals surface area (Å²) in [6.07, 6.45) is 0. The first-order chi connectivity index (χ1) is 9.51. The number of hydrogen-bond donors (Lipinski definition) is 2. The molecule has 0 aliphatic rings. The smallest absolute Gasteiger partial charge is 0.262 e. The van der Waals surface area contributed by atoms with Crippen LogP contribution in [0.1, 0.15) is 10.4 Å². The first-order valence-electron chi connectivity index (χ1n) is 5.45. The summed E-state index contributed by atoms with van der Waals surface area (Å²) in [4.78, 5) is 19.7. The number of nitrogens with two attached hydrogens (primary N) is 1. The molecule has 1 aromatic carbocycles. The zero-order valence-corrected chi connectivity index (χ0v) is 11.9. The maximum absolute atomic E-state index is 12.2. The van der Waals surface area contributed by atoms with Gasteiger partial charge in [-0.25, -0.2) is 9.97 Å². The number of methoxy groups -OCH3 is 1. The van der Waals surface area contributed by atoms with Gasteiger partial charge in [0.2, 0.25) is 5.28 Å². The number of ether oxygens (including phenoxy) is 1. The number of rotatable bonds is 3. The molecule has 0 aliphatic carbocycles. The van der Waals surface area contributed by atoms with E-state index in [1.165, 1.54) is 13.2 Å². The Bertz CT molecular complexity index is 644. The molecule has 0 unspecified atom stereocenters. The molecule has 0 aliphatic heterocycles. The monoisotopic (exact) mass is 312 g/mol. The van der Waals surface area contributed by atoms with Crippen LogP contribution in [0.4, 0.5) is 11.5 Å². The van der Waals surface area contributed by atoms with Crippen LogP contribution in [0.2, 0.25) is 10.4 Å². The van der Waals surface area contributed by atoms with Crippen LogP contribution < -0.4 is 15.8 Å². The highest BCUT2D eigenvalue weighted by molar-refractivity contribution is 6.32. The summed E-state index contributed by atoms with van der Waals surface area (Å²) in [6.45, 7) is 0. The number of nitrogens with zero attached hydrogens (tertiary/aromatic N) is 2. The molecule has 1 amide bonds. The van der Waals surface area contributed by atoms with Gasteiger partial charge in [0.1, 0.15) is 22.3 Å². The van der Waals surface area contributed by atoms with Gasteiger partial charge < -0.3 is 15.8 Å². The highest BCUT2D eigenvalue weighted by atomic mass is 35.5. The van der Waals surface area contributed by atoms with Gasteiger partial charge in [0.15, 0.2) is 0 Å². The van der Waals surface area contributed by atoms with E-state index in [1.807, 2.05) is 0 Å². The highest BCUT2D eigenvalue weighted by Crippen LogP contribution is 2.25. The SMILES string of the molecule is COc1cccc(N)c1C(=O)Nc1cc(Cl)nc(Cl)n1. The predicted octanol–water partition coefficient (Wildman–Crippen LogP) is 2.63. The van der Waals surface area contributed by atoms with Crippen molar-refractivity contribution >= 4 is 40.6 Å². The Morgan fingerprint density at radius 3 is 2.75 bits per heavy atom. The third-order valence-corrected chi connectivity index (χ3v) is 2.78. The number of nitrogens with one attached hydrogen (secondary N) is 1. The van der Waals surface area contributed by atoms with Crippen LogP contribution in [-0.2, 0) is 0 Å². The van der Waals surface area contributed by atoms with Gasteiger partial charge in [0, 0.05) is 11.8 Å². The number of hydrogen-bond acceptors (Lipinski definition) is 5. The molecule has 0 radical (unpaired) electrons. The number of aromatic nitrogens is 2. The van der Waals surface area contributed by atoms with Crippen molar-refractivity contribution in [3.8, 4) is 5.75 Å². The summed E-state index contributed by atoms with van der Waals surface area (Å²) in [5.74, 6) is 0.0461. The summed E-state index contributed by atoms with van der Waals surface area (Å²) < 4.78 is 5.11. The number of halogens is 2. The molecule has 1 heterocycles. The van der Waals surface area contributed by atoms with E-state index in [1.54, 1.807) is 18.2 Å². The second-order valence-corrected chi connectivity index (χ2v) is 4.45. The molecule has 20 heavy (non-hydrogen) atoms. The van der Waals surface area contributed by atoms with Crippen molar-refractivity contribution in [3.05, 3.63) is 40.3 Å². The van der Waals surface area contributed by atoms with Gasteiger partial charge in [-0.3, -0.25) is 4.79 Å². The Kier molecular flexibility index (Phi) is 4.26. The fraction of sp³-hybridized carbons (Fsp3) is 0.0833. The Morgan fingerprint density at radius 1 is 1.35 bits per heavy atom. The zero-order chi connectivity index (χ0) is 14.7. The van der Waals surface area contributed by atoms with Gasteiger partial charge in [-0.05, 0) is 23.7 Å². The Hall–Kier alpha value is -2.05. The molecule has 2 aromatic rings. The van der Waals surface area contributed by atoms with Crippen molar-refractivity contribution in [1.29, 1.82) is 0 Å². The van der Waals surface area contributed by atoms with Crippen LogP contribution in [0.25, 0.3) is 0 Å². The lowest BCUT2D eigenvalue weighted by Gasteiger charge is -2.11. The first-order valence-corrected chi connectivity index (χ1v) is 6.20. The second kappa shape index (κ2) is 5.94. The van der Waals surface area contributed by atoms with Crippen molar-refractivity contribution in [3.63, 3.8) is 0 Å². The van der Waals surface area contributed by atoms with Crippen molar-refractivity contribution in [2.45, 2.75) is 0 Å². The summed E-state index contributed by atoms with van der Waals surface area (Å²) in [6, 6.07) is 6.28. The molecule has 0 saturated heterocycles. The lowest BCUT2D eigenvalue weighted by molar-refractivity contribution is 0.102. The summed E-state index contributed by atoms with van der Waals surface area (Å²) >= 11 is 11.4. The van der Waals surface area contributed by atoms with Crippen LogP contribution in [0.3, 0.4) is 0 Å². The Balaban J connectivity index is 2.33. The van der Waals surface area contributed by atoms with Gasteiger partial charge in [-0.2, -0.15) is 0 Å². The third-order valence-electron chi connectivity index (χ3n) is 2.41. The third kappa shape index (κ3) is 3.09. The molecule has 6 nitrogen and oxygen atoms in total. The van der Waals surface area contributed by atoms with Gasteiger partial charge in [0.05, 0.1) is 7.11 Å². The van der Waals surface area contributed by atoms with Crippen LogP contribution in [0, 0.1) is 0 Å². The standard InChI is InChI=1S/C12H10Cl2N4O2/c1-20-7-4-2-3-6(15)10(7)11(19)17-9-5-8(13)16-12(14)18-9/h2-5H,15H2,1H3,(H,16,17,18,19). The minimum atomic E-state index is -0.481. The van der Waals surface area contributed by atoms with E-state index < -0.39 is 5.91 Å². The Labute approximate surface area is 124 Å². The van der Waals surface area contributed by atoms with Gasteiger partial charge in [-0.1, -0.05) is 17.7 Å². The average Bonchev–Trinajstić information content (AvgIpc) is 2.36. The van der Waals surface area contributed by atoms with E-state index in [2.05, 4.69) is 15.3 Å². The normalized spacial score (nSPS) is 10.2. The lowest BCUT2D eigenvalue weighted by atomic mass is 10.1. The zero-order valence-electron chi connectivity index (χ0n) is 10.4. The molecular formula is C12H10Cl2N4O2. The molecule has 1 aromatic heterocycles. The van der Waals surface area contributed by atoms with Crippen LogP contribution >= 0.6 is 23.2 Å². The topological polar surface area (TPSA) is 90.1 Å². The maximum atomic E-state index is 12.2. The van der Waals surface area contributed by atoms with Crippen LogP contribution in [-0.4, -0.2) is 23.0 Å². The summed E-state index contributed by atoms with van der Waals surface area (Å²) in [5.41, 5.74) is 6.28. The fourth-order valence-corrected chi connectivity index (χ4v) is 2.00. The minimum Gasteiger partial charge on any atom is -0.496 e. The molecule has 2 rings (SSSR count). The molecule has 0 atom stereocenters. The number of benzene rings is 1. The number of amides is 1. The van der Waals surface area contributed by atoms with Gasteiger partial charge in [-0.15, -0.1) is 0 Å². The molecule has 0 bridgehead atoms. The molecule has 0 fully saturated rings. The molecule has 0 spiro atoms. The highest BCUT2D eigenvalue weighted by Gasteiger charge is 2.16. The van der Waals surface area contributed by atoms with Crippen LogP contribution in [0.15, 0.2) is 24.3 Å². The molecule has 8 heteroatoms. The summed E-state index contributed by atoms with van der Waals surface area (Å²) in [5, 5.41) is 2.59. The average molecular weight is 313 g/mol. The van der Waals surface area contributed by atoms with E-state index in [0.717, 1.165) is 0 Å². The first kappa shape index (κ1) is 14.4. The lowest BCUT2D eigenvalue weighted by Crippen LogP contribution is -2.16. The quantitative estimate of drug-likeness (QED) is 0.516. The predicted molar refractivity (Wildman–Crippen MR) is 77.4 cm³/mol. The largest absolute Gasteiger partial charge is 0.496 e. The number of carbonyl (C=O) groups is 1. The minimum absolute atomic E-state index is 0.0687. The maximum Gasteiger partial charge on any atom is 0.262 e. The molecule has 104 valence electrons. The second-order valence-electron chi connectivity index (χ2n) is 3.72. The fourth-order valence-electron chi connectivity index (χ4n) is 1.59. The Morgan fingerprint density at radius 2 is 2.10 bits per heavy atom. The molecule has 3 N–H and O–H groups in total. The van der Waals surface area contributed by atoms with Crippen molar-refractivity contribution in [1.82, 2.24) is 9.97 Å². The van der Waals surface area contributed by atoms with Gasteiger partial charge >= 0.3 is 0 Å². The van der Waals surface area contributed by atoms with Crippen molar-refractivity contribution < 1.29 is 9.53 Å². The summed E-state index contributed by atoms with van der Waals surface area (Å²) in [7, 11) is 1.45. The number of anilines is 2. The van der Waals surface area contributed by atoms with Crippen LogP contribution in [0.5, 0.6) is 5.75 Å². The van der Waals surface area contributed by atoms with E-state index in [9.17, 15) is 4.79 Å². The van der Waals surface area contributed by atoms with E-state index in [0.29, 0.717) is 5.75 Å². The van der Waals surface area contributed by atoms with E-state index in [-0.39, 0.29) is 27.5 Å². The van der Waals surface area contributed by atoms with Crippen molar-refractivity contribution in [2.75, 3.05) is 18.2 Å². The molecular weight excluding hydrogens is 303 g/mol. The molecule has 0 saturated carbocycles. The van der Waals surface area contributed by atoms with E-state index in [4.69, 9.17) is 33.7 Å². The number of carbonyl (C=O) groups excluding carboxylic acids is 1. The number of nitrogen functional groups attached to an aromatic ring is 1. The van der Waals surface area contributed by atoms with Gasteiger partial charge in [0.25, 0.3) is 5.91 Å². The van der Waals surface area contributed by atoms with E-state index >= 15 is 0 Å².